The van der Waals surface area contributed by atoms with Crippen LogP contribution in [0, 0.1) is 6.92 Å². The van der Waals surface area contributed by atoms with Gasteiger partial charge in [-0.15, -0.1) is 0 Å². The number of benzene rings is 2. The Labute approximate surface area is 178 Å². The molecule has 1 atom stereocenters. The molecule has 5 nitrogen and oxygen atoms in total. The molecule has 2 heterocycles. The summed E-state index contributed by atoms with van der Waals surface area (Å²) >= 11 is 0. The molecule has 0 spiro atoms. The standard InChI is InChI=1S/C23H25F3N4O/c1-14(16-4-3-5-18(12-16)23(24,25)26)28-21-19-13-17(22(31)8-10-27-11-9-22)6-7-20(19)29-15(2)30-21/h3-7,12-14,27,31H,8-11H2,1-2H3,(H,28,29,30)/t14-/m1/s1. The summed E-state index contributed by atoms with van der Waals surface area (Å²) in [5, 5.41) is 18.3. The fourth-order valence-corrected chi connectivity index (χ4v) is 4.05. The first-order valence-electron chi connectivity index (χ1n) is 10.3. The van der Waals surface area contributed by atoms with Gasteiger partial charge in [0.05, 0.1) is 16.7 Å². The zero-order chi connectivity index (χ0) is 22.2. The summed E-state index contributed by atoms with van der Waals surface area (Å²) in [6, 6.07) is 10.5. The minimum atomic E-state index is -4.40. The highest BCUT2D eigenvalue weighted by Crippen LogP contribution is 2.35. The predicted molar refractivity (Wildman–Crippen MR) is 114 cm³/mol. The Morgan fingerprint density at radius 1 is 1.10 bits per heavy atom. The van der Waals surface area contributed by atoms with Crippen LogP contribution >= 0.6 is 0 Å². The molecule has 0 unspecified atom stereocenters. The van der Waals surface area contributed by atoms with Crippen LogP contribution in [0.5, 0.6) is 0 Å². The van der Waals surface area contributed by atoms with Crippen molar-refractivity contribution in [2.45, 2.75) is 44.5 Å². The monoisotopic (exact) mass is 430 g/mol. The van der Waals surface area contributed by atoms with Crippen LogP contribution in [0.15, 0.2) is 42.5 Å². The fraction of sp³-hybridized carbons (Fsp3) is 0.391. The number of fused-ring (bicyclic) bond motifs is 1. The normalized spacial score (nSPS) is 17.5. The van der Waals surface area contributed by atoms with Gasteiger partial charge in [-0.1, -0.05) is 18.2 Å². The second-order valence-electron chi connectivity index (χ2n) is 8.12. The molecule has 0 aliphatic carbocycles. The Morgan fingerprint density at radius 2 is 1.84 bits per heavy atom. The van der Waals surface area contributed by atoms with E-state index in [9.17, 15) is 18.3 Å². The summed E-state index contributed by atoms with van der Waals surface area (Å²) in [6.07, 6.45) is -3.18. The van der Waals surface area contributed by atoms with E-state index in [0.717, 1.165) is 36.2 Å². The Hall–Kier alpha value is -2.71. The van der Waals surface area contributed by atoms with Crippen molar-refractivity contribution < 1.29 is 18.3 Å². The molecule has 8 heteroatoms. The van der Waals surface area contributed by atoms with Crippen LogP contribution in [-0.2, 0) is 11.8 Å². The molecule has 164 valence electrons. The van der Waals surface area contributed by atoms with Crippen molar-refractivity contribution in [3.8, 4) is 0 Å². The van der Waals surface area contributed by atoms with Crippen molar-refractivity contribution in [2.75, 3.05) is 18.4 Å². The van der Waals surface area contributed by atoms with Crippen LogP contribution in [0.3, 0.4) is 0 Å². The first-order chi connectivity index (χ1) is 14.7. The highest BCUT2D eigenvalue weighted by atomic mass is 19.4. The number of alkyl halides is 3. The number of aryl methyl sites for hydroxylation is 1. The third kappa shape index (κ3) is 4.50. The molecule has 3 aromatic rings. The number of nitrogens with zero attached hydrogens (tertiary/aromatic N) is 2. The molecular weight excluding hydrogens is 405 g/mol. The van der Waals surface area contributed by atoms with Crippen LogP contribution in [0.1, 0.15) is 48.3 Å². The van der Waals surface area contributed by atoms with Crippen molar-refractivity contribution in [3.63, 3.8) is 0 Å². The zero-order valence-electron chi connectivity index (χ0n) is 17.4. The van der Waals surface area contributed by atoms with E-state index in [1.54, 1.807) is 19.9 Å². The molecule has 2 aromatic carbocycles. The number of halogens is 3. The smallest absolute Gasteiger partial charge is 0.385 e. The van der Waals surface area contributed by atoms with Crippen molar-refractivity contribution in [1.82, 2.24) is 15.3 Å². The maximum absolute atomic E-state index is 13.1. The van der Waals surface area contributed by atoms with Crippen LogP contribution in [0.2, 0.25) is 0 Å². The number of aliphatic hydroxyl groups is 1. The van der Waals surface area contributed by atoms with Gasteiger partial charge >= 0.3 is 6.18 Å². The quantitative estimate of drug-likeness (QED) is 0.560. The van der Waals surface area contributed by atoms with Gasteiger partial charge in [0.25, 0.3) is 0 Å². The number of anilines is 1. The maximum Gasteiger partial charge on any atom is 0.416 e. The van der Waals surface area contributed by atoms with E-state index in [2.05, 4.69) is 20.6 Å². The molecule has 31 heavy (non-hydrogen) atoms. The minimum Gasteiger partial charge on any atom is -0.385 e. The lowest BCUT2D eigenvalue weighted by Gasteiger charge is -2.33. The maximum atomic E-state index is 13.1. The second kappa shape index (κ2) is 8.09. The summed E-state index contributed by atoms with van der Waals surface area (Å²) in [7, 11) is 0. The zero-order valence-corrected chi connectivity index (χ0v) is 17.4. The van der Waals surface area contributed by atoms with Crippen molar-refractivity contribution >= 4 is 16.7 Å². The SMILES string of the molecule is Cc1nc(N[C@H](C)c2cccc(C(F)(F)F)c2)c2cc(C3(O)CCNCC3)ccc2n1. The van der Waals surface area contributed by atoms with E-state index >= 15 is 0 Å². The van der Waals surface area contributed by atoms with Crippen molar-refractivity contribution in [2.24, 2.45) is 0 Å². The highest BCUT2D eigenvalue weighted by Gasteiger charge is 2.32. The molecule has 0 radical (unpaired) electrons. The van der Waals surface area contributed by atoms with Gasteiger partial charge in [-0.2, -0.15) is 13.2 Å². The molecule has 1 aromatic heterocycles. The van der Waals surface area contributed by atoms with Gasteiger partial charge in [-0.3, -0.25) is 0 Å². The van der Waals surface area contributed by atoms with E-state index < -0.39 is 23.4 Å². The van der Waals surface area contributed by atoms with Crippen molar-refractivity contribution in [1.29, 1.82) is 0 Å². The number of aromatic nitrogens is 2. The second-order valence-corrected chi connectivity index (χ2v) is 8.12. The predicted octanol–water partition coefficient (Wildman–Crippen LogP) is 4.70. The van der Waals surface area contributed by atoms with Gasteiger partial charge in [0.2, 0.25) is 0 Å². The van der Waals surface area contributed by atoms with Crippen LogP contribution in [-0.4, -0.2) is 28.2 Å². The van der Waals surface area contributed by atoms with E-state index in [-0.39, 0.29) is 0 Å². The number of nitrogens with one attached hydrogen (secondary N) is 2. The lowest BCUT2D eigenvalue weighted by molar-refractivity contribution is -0.137. The van der Waals surface area contributed by atoms with Crippen LogP contribution < -0.4 is 10.6 Å². The average Bonchev–Trinajstić information content (AvgIpc) is 2.73. The molecule has 1 aliphatic rings. The molecular formula is C23H25F3N4O. The van der Waals surface area contributed by atoms with E-state index in [1.807, 2.05) is 18.2 Å². The Balaban J connectivity index is 1.70. The van der Waals surface area contributed by atoms with Crippen LogP contribution in [0.25, 0.3) is 10.9 Å². The first kappa shape index (κ1) is 21.5. The average molecular weight is 430 g/mol. The van der Waals surface area contributed by atoms with Gasteiger partial charge in [-0.05, 0) is 75.2 Å². The van der Waals surface area contributed by atoms with E-state index in [1.165, 1.54) is 6.07 Å². The largest absolute Gasteiger partial charge is 0.416 e. The molecule has 3 N–H and O–H groups in total. The molecule has 0 bridgehead atoms. The third-order valence-electron chi connectivity index (χ3n) is 5.84. The molecule has 4 rings (SSSR count). The summed E-state index contributed by atoms with van der Waals surface area (Å²) in [4.78, 5) is 8.99. The number of rotatable bonds is 4. The summed E-state index contributed by atoms with van der Waals surface area (Å²) in [5.74, 6) is 1.09. The lowest BCUT2D eigenvalue weighted by atomic mass is 9.84. The topological polar surface area (TPSA) is 70.1 Å². The number of hydrogen-bond acceptors (Lipinski definition) is 5. The van der Waals surface area contributed by atoms with E-state index in [0.29, 0.717) is 35.6 Å². The highest BCUT2D eigenvalue weighted by molar-refractivity contribution is 5.90. The van der Waals surface area contributed by atoms with Gasteiger partial charge in [0, 0.05) is 11.4 Å². The summed E-state index contributed by atoms with van der Waals surface area (Å²) < 4.78 is 39.3. The molecule has 1 aliphatic heterocycles. The molecule has 0 saturated carbocycles. The number of hydrogen-bond donors (Lipinski definition) is 3. The molecule has 0 amide bonds. The van der Waals surface area contributed by atoms with Crippen LogP contribution in [0.4, 0.5) is 19.0 Å². The Bertz CT molecular complexity index is 1090. The van der Waals surface area contributed by atoms with Gasteiger partial charge in [-0.25, -0.2) is 9.97 Å². The minimum absolute atomic E-state index is 0.412. The van der Waals surface area contributed by atoms with Gasteiger partial charge in [0.15, 0.2) is 0 Å². The third-order valence-corrected chi connectivity index (χ3v) is 5.84. The fourth-order valence-electron chi connectivity index (χ4n) is 4.05. The Morgan fingerprint density at radius 3 is 2.55 bits per heavy atom. The summed E-state index contributed by atoms with van der Waals surface area (Å²) in [6.45, 7) is 5.03. The van der Waals surface area contributed by atoms with Gasteiger partial charge in [0.1, 0.15) is 11.6 Å². The Kier molecular flexibility index (Phi) is 5.61. The van der Waals surface area contributed by atoms with Crippen molar-refractivity contribution in [3.05, 3.63) is 65.0 Å². The lowest BCUT2D eigenvalue weighted by Crippen LogP contribution is -2.39. The van der Waals surface area contributed by atoms with E-state index in [4.69, 9.17) is 0 Å². The first-order valence-corrected chi connectivity index (χ1v) is 10.3. The molecule has 1 fully saturated rings. The van der Waals surface area contributed by atoms with Gasteiger partial charge < -0.3 is 15.7 Å². The summed E-state index contributed by atoms with van der Waals surface area (Å²) in [5.41, 5.74) is 0.412. The number of piperidine rings is 1. The molecule has 1 saturated heterocycles.